The van der Waals surface area contributed by atoms with Crippen molar-refractivity contribution in [1.29, 1.82) is 0 Å². The van der Waals surface area contributed by atoms with Crippen LogP contribution in [0.1, 0.15) is 86.1 Å². The van der Waals surface area contributed by atoms with Gasteiger partial charge in [0.25, 0.3) is 27.7 Å². The van der Waals surface area contributed by atoms with Crippen LogP contribution in [-0.4, -0.2) is 104 Å². The quantitative estimate of drug-likeness (QED) is 0.140. The zero-order valence-electron chi connectivity index (χ0n) is 33.6. The molecule has 7 rings (SSSR count). The number of anilines is 1. The maximum atomic E-state index is 13.4. The molecule has 2 saturated heterocycles. The highest BCUT2D eigenvalue weighted by Crippen LogP contribution is 2.55. The van der Waals surface area contributed by atoms with Crippen LogP contribution in [0.2, 0.25) is 5.02 Å². The molecular weight excluding hydrogens is 796 g/mol. The first-order valence-corrected chi connectivity index (χ1v) is 21.7. The lowest BCUT2D eigenvalue weighted by molar-refractivity contribution is -0.164. The van der Waals surface area contributed by atoms with Crippen molar-refractivity contribution < 1.29 is 37.1 Å². The summed E-state index contributed by atoms with van der Waals surface area (Å²) in [4.78, 5) is 59.4. The minimum absolute atomic E-state index is 0.0203. The number of piperazine rings is 1. The lowest BCUT2D eigenvalue weighted by Crippen LogP contribution is -2.74. The summed E-state index contributed by atoms with van der Waals surface area (Å²) >= 11 is 6.31. The monoisotopic (exact) mass is 844 g/mol. The standard InChI is InChI=1S/C43H49ClN6O8S/c1-6-27-10-12-30(24-32(27)44)58-41-42(2,3)40(43(41,4)5)47-37(52)28-11-16-35(45-26-28)49-21-19-48(20-22-49)18-8-7-9-23-57-29-13-14-31-34(25-29)59(55,56)50(39(31)54)33-15-17-36(51)46-38(33)53/h1,10-14,16,24-26,33,40-41H,7-9,15,17-23H2,2-5H3,(H,47,52)(H,46,51,53). The summed E-state index contributed by atoms with van der Waals surface area (Å²) in [6.07, 6.45) is 9.50. The normalized spacial score (nSPS) is 23.1. The van der Waals surface area contributed by atoms with Gasteiger partial charge in [-0.05, 0) is 68.6 Å². The lowest BCUT2D eigenvalue weighted by atomic mass is 9.49. The number of nitrogens with one attached hydrogen (secondary N) is 2. The van der Waals surface area contributed by atoms with Crippen molar-refractivity contribution >= 4 is 51.1 Å². The summed E-state index contributed by atoms with van der Waals surface area (Å²) in [6, 6.07) is 11.9. The van der Waals surface area contributed by atoms with Crippen LogP contribution in [-0.2, 0) is 19.6 Å². The fourth-order valence-electron chi connectivity index (χ4n) is 9.08. The Bertz CT molecular complexity index is 2290. The molecule has 1 atom stereocenters. The van der Waals surface area contributed by atoms with Crippen LogP contribution in [0.25, 0.3) is 0 Å². The zero-order chi connectivity index (χ0) is 42.3. The Morgan fingerprint density at radius 1 is 0.983 bits per heavy atom. The Kier molecular flexibility index (Phi) is 11.7. The molecule has 0 spiro atoms. The number of amides is 4. The van der Waals surface area contributed by atoms with Crippen molar-refractivity contribution in [2.45, 2.75) is 82.9 Å². The molecule has 2 aromatic carbocycles. The van der Waals surface area contributed by atoms with Crippen molar-refractivity contribution in [3.8, 4) is 23.8 Å². The number of hydrogen-bond donors (Lipinski definition) is 2. The average molecular weight is 845 g/mol. The maximum absolute atomic E-state index is 13.4. The van der Waals surface area contributed by atoms with Gasteiger partial charge in [0.2, 0.25) is 5.91 Å². The Hall–Kier alpha value is -5.17. The number of sulfonamides is 1. The van der Waals surface area contributed by atoms with Crippen molar-refractivity contribution in [3.05, 3.63) is 76.4 Å². The summed E-state index contributed by atoms with van der Waals surface area (Å²) in [7, 11) is -4.28. The number of ether oxygens (including phenoxy) is 2. The summed E-state index contributed by atoms with van der Waals surface area (Å²) in [5, 5.41) is 5.81. The van der Waals surface area contributed by atoms with E-state index in [1.165, 1.54) is 12.1 Å². The molecule has 59 heavy (non-hydrogen) atoms. The van der Waals surface area contributed by atoms with Crippen LogP contribution < -0.4 is 25.0 Å². The molecule has 1 saturated carbocycles. The molecule has 3 fully saturated rings. The van der Waals surface area contributed by atoms with Gasteiger partial charge in [-0.25, -0.2) is 17.7 Å². The van der Waals surface area contributed by atoms with Gasteiger partial charge in [-0.3, -0.25) is 29.4 Å². The first-order chi connectivity index (χ1) is 28.0. The molecule has 4 amide bonds. The smallest absolute Gasteiger partial charge is 0.269 e. The number of hydrogen-bond acceptors (Lipinski definition) is 11. The fourth-order valence-corrected chi connectivity index (χ4v) is 11.1. The van der Waals surface area contributed by atoms with Crippen molar-refractivity contribution in [1.82, 2.24) is 24.8 Å². The van der Waals surface area contributed by atoms with Crippen molar-refractivity contribution in [2.75, 3.05) is 44.2 Å². The van der Waals surface area contributed by atoms with E-state index in [0.29, 0.717) is 38.6 Å². The Labute approximate surface area is 350 Å². The summed E-state index contributed by atoms with van der Waals surface area (Å²) in [5.41, 5.74) is 0.369. The number of carbonyl (C=O) groups is 4. The molecule has 312 valence electrons. The van der Waals surface area contributed by atoms with Crippen LogP contribution in [0.3, 0.4) is 0 Å². The third kappa shape index (κ3) is 8.22. The van der Waals surface area contributed by atoms with Gasteiger partial charge in [-0.1, -0.05) is 45.2 Å². The van der Waals surface area contributed by atoms with Crippen LogP contribution in [0.15, 0.2) is 59.6 Å². The number of carbonyl (C=O) groups excluding carboxylic acids is 4. The molecule has 16 heteroatoms. The second-order valence-corrected chi connectivity index (χ2v) is 18.9. The van der Waals surface area contributed by atoms with Crippen LogP contribution >= 0.6 is 11.6 Å². The number of benzene rings is 2. The van der Waals surface area contributed by atoms with E-state index in [1.807, 2.05) is 18.2 Å². The van der Waals surface area contributed by atoms with E-state index in [1.54, 1.807) is 24.4 Å². The van der Waals surface area contributed by atoms with Crippen LogP contribution in [0, 0.1) is 23.2 Å². The molecule has 2 N–H and O–H groups in total. The van der Waals surface area contributed by atoms with E-state index in [9.17, 15) is 27.6 Å². The van der Waals surface area contributed by atoms with Crippen LogP contribution in [0.5, 0.6) is 11.5 Å². The minimum atomic E-state index is -4.28. The van der Waals surface area contributed by atoms with E-state index in [4.69, 9.17) is 27.5 Å². The van der Waals surface area contributed by atoms with Crippen molar-refractivity contribution in [2.24, 2.45) is 10.8 Å². The number of rotatable bonds is 13. The minimum Gasteiger partial charge on any atom is -0.494 e. The van der Waals surface area contributed by atoms with Crippen LogP contribution in [0.4, 0.5) is 5.82 Å². The number of pyridine rings is 1. The molecule has 1 unspecified atom stereocenters. The molecule has 1 aliphatic carbocycles. The first kappa shape index (κ1) is 42.0. The Balaban J connectivity index is 0.816. The number of nitrogens with zero attached hydrogens (tertiary/aromatic N) is 4. The number of aromatic nitrogens is 1. The average Bonchev–Trinajstić information content (AvgIpc) is 3.40. The third-order valence-electron chi connectivity index (χ3n) is 12.0. The van der Waals surface area contributed by atoms with E-state index >= 15 is 0 Å². The van der Waals surface area contributed by atoms with Gasteiger partial charge in [-0.2, -0.15) is 0 Å². The van der Waals surface area contributed by atoms with Gasteiger partial charge < -0.3 is 19.7 Å². The number of unbranched alkanes of at least 4 members (excludes halogenated alkanes) is 2. The van der Waals surface area contributed by atoms with Crippen molar-refractivity contribution in [3.63, 3.8) is 0 Å². The molecule has 3 aliphatic heterocycles. The molecule has 4 heterocycles. The fraction of sp³-hybridized carbons (Fsp3) is 0.465. The summed E-state index contributed by atoms with van der Waals surface area (Å²) in [5.74, 6) is 2.08. The van der Waals surface area contributed by atoms with E-state index < -0.39 is 33.8 Å². The highest BCUT2D eigenvalue weighted by atomic mass is 35.5. The molecule has 14 nitrogen and oxygen atoms in total. The largest absolute Gasteiger partial charge is 0.494 e. The Morgan fingerprint density at radius 3 is 2.37 bits per heavy atom. The van der Waals surface area contributed by atoms with Gasteiger partial charge in [0.05, 0.1) is 22.8 Å². The number of halogens is 1. The van der Waals surface area contributed by atoms with Gasteiger partial charge in [0, 0.05) is 73.4 Å². The number of terminal acetylenes is 1. The molecule has 1 aromatic heterocycles. The number of fused-ring (bicyclic) bond motifs is 1. The van der Waals surface area contributed by atoms with E-state index in [-0.39, 0.29) is 52.2 Å². The molecule has 4 aliphatic rings. The first-order valence-electron chi connectivity index (χ1n) is 19.9. The SMILES string of the molecule is C#Cc1ccc(OC2C(C)(C)C(NC(=O)c3ccc(N4CCN(CCCCCOc5ccc6c(c5)S(=O)(=O)N(C5CCC(=O)NC5=O)C6=O)CC4)nc3)C2(C)C)cc1Cl. The number of piperidine rings is 1. The van der Waals surface area contributed by atoms with Gasteiger partial charge in [-0.15, -0.1) is 6.42 Å². The zero-order valence-corrected chi connectivity index (χ0v) is 35.2. The predicted molar refractivity (Wildman–Crippen MR) is 221 cm³/mol. The highest BCUT2D eigenvalue weighted by Gasteiger charge is 2.64. The maximum Gasteiger partial charge on any atom is 0.269 e. The molecule has 0 bridgehead atoms. The second kappa shape index (κ2) is 16.5. The molecule has 0 radical (unpaired) electrons. The third-order valence-corrected chi connectivity index (χ3v) is 14.1. The topological polar surface area (TPSA) is 168 Å². The second-order valence-electron chi connectivity index (χ2n) is 16.7. The molecular formula is C43H49ClN6O8S. The predicted octanol–water partition coefficient (Wildman–Crippen LogP) is 4.65. The summed E-state index contributed by atoms with van der Waals surface area (Å²) in [6.45, 7) is 13.0. The highest BCUT2D eigenvalue weighted by molar-refractivity contribution is 7.90. The summed E-state index contributed by atoms with van der Waals surface area (Å²) < 4.78 is 39.4. The van der Waals surface area contributed by atoms with E-state index in [2.05, 4.69) is 59.0 Å². The van der Waals surface area contributed by atoms with E-state index in [0.717, 1.165) is 57.8 Å². The Morgan fingerprint density at radius 2 is 1.71 bits per heavy atom. The molecule has 3 aromatic rings. The lowest BCUT2D eigenvalue weighted by Gasteiger charge is -2.63. The van der Waals surface area contributed by atoms with Gasteiger partial charge >= 0.3 is 0 Å². The number of imide groups is 1. The van der Waals surface area contributed by atoms with Gasteiger partial charge in [0.15, 0.2) is 0 Å². The van der Waals surface area contributed by atoms with Gasteiger partial charge in [0.1, 0.15) is 34.4 Å².